The van der Waals surface area contributed by atoms with Crippen LogP contribution in [0.5, 0.6) is 0 Å². The molecule has 0 radical (unpaired) electrons. The van der Waals surface area contributed by atoms with Gasteiger partial charge in [0, 0.05) is 26.0 Å². The Kier molecular flexibility index (Phi) is 4.75. The first-order valence-corrected chi connectivity index (χ1v) is 7.04. The SMILES string of the molecule is CNc1cc(C(=O)N(C)CCC(C)O)c2ccccc2n1. The van der Waals surface area contributed by atoms with E-state index in [4.69, 9.17) is 0 Å². The molecule has 1 amide bonds. The van der Waals surface area contributed by atoms with Gasteiger partial charge in [-0.25, -0.2) is 4.98 Å². The highest BCUT2D eigenvalue weighted by atomic mass is 16.3. The number of benzene rings is 1. The van der Waals surface area contributed by atoms with E-state index in [1.165, 1.54) is 0 Å². The smallest absolute Gasteiger partial charge is 0.254 e. The lowest BCUT2D eigenvalue weighted by atomic mass is 10.1. The summed E-state index contributed by atoms with van der Waals surface area (Å²) < 4.78 is 0. The number of rotatable bonds is 5. The van der Waals surface area contributed by atoms with Gasteiger partial charge >= 0.3 is 0 Å². The van der Waals surface area contributed by atoms with Crippen LogP contribution >= 0.6 is 0 Å². The van der Waals surface area contributed by atoms with Crippen molar-refractivity contribution in [3.63, 3.8) is 0 Å². The fourth-order valence-electron chi connectivity index (χ4n) is 2.17. The second-order valence-electron chi connectivity index (χ2n) is 5.19. The third-order valence-corrected chi connectivity index (χ3v) is 3.43. The first-order chi connectivity index (χ1) is 10.0. The molecule has 21 heavy (non-hydrogen) atoms. The third kappa shape index (κ3) is 3.49. The van der Waals surface area contributed by atoms with Crippen molar-refractivity contribution in [2.24, 2.45) is 0 Å². The van der Waals surface area contributed by atoms with Crippen LogP contribution in [0.1, 0.15) is 23.7 Å². The molecule has 0 saturated carbocycles. The number of carbonyl (C=O) groups is 1. The molecule has 2 aromatic rings. The lowest BCUT2D eigenvalue weighted by Gasteiger charge is -2.19. The molecule has 2 rings (SSSR count). The van der Waals surface area contributed by atoms with E-state index < -0.39 is 6.10 Å². The summed E-state index contributed by atoms with van der Waals surface area (Å²) in [5.74, 6) is 0.603. The molecule has 1 aromatic heterocycles. The number of pyridine rings is 1. The highest BCUT2D eigenvalue weighted by Crippen LogP contribution is 2.21. The molecular weight excluding hydrogens is 266 g/mol. The van der Waals surface area contributed by atoms with Gasteiger partial charge in [-0.3, -0.25) is 4.79 Å². The number of hydrogen-bond donors (Lipinski definition) is 2. The minimum Gasteiger partial charge on any atom is -0.393 e. The topological polar surface area (TPSA) is 65.5 Å². The maximum absolute atomic E-state index is 12.6. The number of aliphatic hydroxyl groups is 1. The van der Waals surface area contributed by atoms with E-state index in [2.05, 4.69) is 10.3 Å². The number of anilines is 1. The summed E-state index contributed by atoms with van der Waals surface area (Å²) >= 11 is 0. The van der Waals surface area contributed by atoms with Crippen LogP contribution in [-0.4, -0.2) is 47.6 Å². The molecule has 0 aliphatic carbocycles. The molecule has 1 heterocycles. The number of aliphatic hydroxyl groups excluding tert-OH is 1. The van der Waals surface area contributed by atoms with Crippen LogP contribution < -0.4 is 5.32 Å². The summed E-state index contributed by atoms with van der Waals surface area (Å²) in [6.07, 6.45) is 0.145. The van der Waals surface area contributed by atoms with E-state index in [-0.39, 0.29) is 5.91 Å². The number of amides is 1. The van der Waals surface area contributed by atoms with Crippen molar-refractivity contribution in [3.8, 4) is 0 Å². The molecule has 0 fully saturated rings. The van der Waals surface area contributed by atoms with Gasteiger partial charge in [-0.2, -0.15) is 0 Å². The van der Waals surface area contributed by atoms with Gasteiger partial charge in [0.25, 0.3) is 5.91 Å². The van der Waals surface area contributed by atoms with Gasteiger partial charge in [-0.05, 0) is 25.5 Å². The second kappa shape index (κ2) is 6.54. The molecule has 112 valence electrons. The highest BCUT2D eigenvalue weighted by Gasteiger charge is 2.16. The van der Waals surface area contributed by atoms with Gasteiger partial charge in [0.1, 0.15) is 5.82 Å². The van der Waals surface area contributed by atoms with Crippen molar-refractivity contribution in [1.82, 2.24) is 9.88 Å². The van der Waals surface area contributed by atoms with Crippen LogP contribution in [0.15, 0.2) is 30.3 Å². The highest BCUT2D eigenvalue weighted by molar-refractivity contribution is 6.06. The monoisotopic (exact) mass is 287 g/mol. The molecule has 0 saturated heterocycles. The lowest BCUT2D eigenvalue weighted by molar-refractivity contribution is 0.0771. The van der Waals surface area contributed by atoms with Gasteiger partial charge in [0.15, 0.2) is 0 Å². The lowest BCUT2D eigenvalue weighted by Crippen LogP contribution is -2.29. The minimum absolute atomic E-state index is 0.0641. The predicted molar refractivity (Wildman–Crippen MR) is 84.5 cm³/mol. The number of nitrogens with zero attached hydrogens (tertiary/aromatic N) is 2. The molecule has 5 heteroatoms. The van der Waals surface area contributed by atoms with Crippen molar-refractivity contribution in [2.45, 2.75) is 19.4 Å². The number of carbonyl (C=O) groups excluding carboxylic acids is 1. The van der Waals surface area contributed by atoms with E-state index in [1.54, 1.807) is 32.0 Å². The van der Waals surface area contributed by atoms with Crippen molar-refractivity contribution in [3.05, 3.63) is 35.9 Å². The standard InChI is InChI=1S/C16H21N3O2/c1-11(20)8-9-19(3)16(21)13-10-15(17-2)18-14-7-5-4-6-12(13)14/h4-7,10-11,20H,8-9H2,1-3H3,(H,17,18). The average Bonchev–Trinajstić information content (AvgIpc) is 2.50. The Labute approximate surface area is 124 Å². The molecule has 1 unspecified atom stereocenters. The Morgan fingerprint density at radius 1 is 1.43 bits per heavy atom. The van der Waals surface area contributed by atoms with E-state index in [9.17, 15) is 9.90 Å². The molecular formula is C16H21N3O2. The number of nitrogens with one attached hydrogen (secondary N) is 1. The van der Waals surface area contributed by atoms with Crippen molar-refractivity contribution < 1.29 is 9.90 Å². The average molecular weight is 287 g/mol. The Balaban J connectivity index is 2.37. The summed E-state index contributed by atoms with van der Waals surface area (Å²) in [4.78, 5) is 18.7. The molecule has 0 spiro atoms. The van der Waals surface area contributed by atoms with E-state index >= 15 is 0 Å². The van der Waals surface area contributed by atoms with Gasteiger partial charge in [-0.15, -0.1) is 0 Å². The fraction of sp³-hybridized carbons (Fsp3) is 0.375. The third-order valence-electron chi connectivity index (χ3n) is 3.43. The normalized spacial score (nSPS) is 12.2. The quantitative estimate of drug-likeness (QED) is 0.884. The second-order valence-corrected chi connectivity index (χ2v) is 5.19. The maximum atomic E-state index is 12.6. The van der Waals surface area contributed by atoms with Crippen molar-refractivity contribution in [1.29, 1.82) is 0 Å². The zero-order chi connectivity index (χ0) is 15.4. The van der Waals surface area contributed by atoms with E-state index in [1.807, 2.05) is 24.3 Å². The zero-order valence-corrected chi connectivity index (χ0v) is 12.6. The van der Waals surface area contributed by atoms with Crippen molar-refractivity contribution in [2.75, 3.05) is 26.0 Å². The number of aromatic nitrogens is 1. The fourth-order valence-corrected chi connectivity index (χ4v) is 2.17. The number of para-hydroxylation sites is 1. The molecule has 5 nitrogen and oxygen atoms in total. The maximum Gasteiger partial charge on any atom is 0.254 e. The Bertz CT molecular complexity index is 640. The largest absolute Gasteiger partial charge is 0.393 e. The Hall–Kier alpha value is -2.14. The summed E-state index contributed by atoms with van der Waals surface area (Å²) in [6.45, 7) is 2.24. The van der Waals surface area contributed by atoms with Gasteiger partial charge < -0.3 is 15.3 Å². The molecule has 2 N–H and O–H groups in total. The minimum atomic E-state index is -0.415. The zero-order valence-electron chi connectivity index (χ0n) is 12.6. The van der Waals surface area contributed by atoms with E-state index in [0.717, 1.165) is 10.9 Å². The molecule has 0 bridgehead atoms. The first kappa shape index (κ1) is 15.3. The van der Waals surface area contributed by atoms with Crippen LogP contribution in [-0.2, 0) is 0 Å². The summed E-state index contributed by atoms with van der Waals surface area (Å²) in [7, 11) is 3.53. The summed E-state index contributed by atoms with van der Waals surface area (Å²) in [6, 6.07) is 9.36. The molecule has 0 aliphatic heterocycles. The first-order valence-electron chi connectivity index (χ1n) is 7.04. The van der Waals surface area contributed by atoms with Crippen LogP contribution in [0.2, 0.25) is 0 Å². The molecule has 1 atom stereocenters. The van der Waals surface area contributed by atoms with Crippen LogP contribution in [0, 0.1) is 0 Å². The summed E-state index contributed by atoms with van der Waals surface area (Å²) in [5.41, 5.74) is 1.41. The van der Waals surface area contributed by atoms with E-state index in [0.29, 0.717) is 24.3 Å². The van der Waals surface area contributed by atoms with Gasteiger partial charge in [-0.1, -0.05) is 18.2 Å². The van der Waals surface area contributed by atoms with Gasteiger partial charge in [0.2, 0.25) is 0 Å². The predicted octanol–water partition coefficient (Wildman–Crippen LogP) is 2.12. The van der Waals surface area contributed by atoms with Crippen molar-refractivity contribution >= 4 is 22.6 Å². The molecule has 1 aromatic carbocycles. The Morgan fingerprint density at radius 3 is 2.81 bits per heavy atom. The van der Waals surface area contributed by atoms with Crippen LogP contribution in [0.25, 0.3) is 10.9 Å². The van der Waals surface area contributed by atoms with Gasteiger partial charge in [0.05, 0.1) is 17.2 Å². The molecule has 0 aliphatic rings. The summed E-state index contributed by atoms with van der Waals surface area (Å²) in [5, 5.41) is 13.2. The Morgan fingerprint density at radius 2 is 2.14 bits per heavy atom. The number of hydrogen-bond acceptors (Lipinski definition) is 4. The number of fused-ring (bicyclic) bond motifs is 1. The van der Waals surface area contributed by atoms with Crippen LogP contribution in [0.3, 0.4) is 0 Å². The van der Waals surface area contributed by atoms with Crippen LogP contribution in [0.4, 0.5) is 5.82 Å².